The van der Waals surface area contributed by atoms with Crippen molar-refractivity contribution in [2.75, 3.05) is 58.2 Å². The molecule has 4 amide bonds. The van der Waals surface area contributed by atoms with Gasteiger partial charge in [-0.3, -0.25) is 24.1 Å². The van der Waals surface area contributed by atoms with Gasteiger partial charge in [-0.25, -0.2) is 4.98 Å². The van der Waals surface area contributed by atoms with Crippen LogP contribution in [0, 0.1) is 17.8 Å². The van der Waals surface area contributed by atoms with Crippen molar-refractivity contribution in [3.63, 3.8) is 0 Å². The fourth-order valence-electron chi connectivity index (χ4n) is 9.43. The van der Waals surface area contributed by atoms with Gasteiger partial charge in [0.25, 0.3) is 0 Å². The number of phenols is 1. The highest BCUT2D eigenvalue weighted by atomic mass is 32.1. The molecule has 8 rings (SSSR count). The number of amides is 4. The van der Waals surface area contributed by atoms with E-state index in [1.807, 2.05) is 81.7 Å². The van der Waals surface area contributed by atoms with Crippen molar-refractivity contribution in [2.24, 2.45) is 10.8 Å². The first-order valence-electron chi connectivity index (χ1n) is 23.4. The number of likely N-dealkylation sites (tertiary alicyclic amines) is 3. The highest BCUT2D eigenvalue weighted by molar-refractivity contribution is 7.13. The number of para-hydroxylation sites is 1. The number of hydrogen-bond acceptors (Lipinski definition) is 14. The zero-order chi connectivity index (χ0) is 48.9. The SMILES string of the molecule is Cc1ncsc1-c1ccc(CNC(=O)[C@@H]2C[C@@H](O)CN2C(=O)[C@@H](NC(=O)CCN2CC3(C2)CN(CC(=O)NCc2ccc(CCOc4cc(-c5ccccc5O)nnc4N)cc2)C3)C(C)(C)C)cc1. The van der Waals surface area contributed by atoms with E-state index in [-0.39, 0.29) is 66.5 Å². The van der Waals surface area contributed by atoms with Crippen LogP contribution in [0.1, 0.15) is 56.0 Å². The van der Waals surface area contributed by atoms with Crippen LogP contribution in [0.3, 0.4) is 0 Å². The van der Waals surface area contributed by atoms with E-state index in [1.165, 1.54) is 4.90 Å². The average Bonchev–Trinajstić information content (AvgIpc) is 3.92. The van der Waals surface area contributed by atoms with Gasteiger partial charge in [0, 0.05) is 88.7 Å². The van der Waals surface area contributed by atoms with Crippen molar-refractivity contribution in [3.05, 3.63) is 107 Å². The lowest BCUT2D eigenvalue weighted by molar-refractivity contribution is -0.144. The summed E-state index contributed by atoms with van der Waals surface area (Å²) in [6, 6.07) is 22.7. The molecule has 69 heavy (non-hydrogen) atoms. The van der Waals surface area contributed by atoms with Crippen molar-refractivity contribution in [1.82, 2.24) is 45.8 Å². The minimum Gasteiger partial charge on any atom is -0.507 e. The number of nitrogen functional groups attached to an aromatic ring is 1. The number of nitrogens with zero attached hydrogens (tertiary/aromatic N) is 6. The molecule has 0 radical (unpaired) electrons. The third kappa shape index (κ3) is 12.0. The van der Waals surface area contributed by atoms with E-state index in [1.54, 1.807) is 41.7 Å². The Morgan fingerprint density at radius 1 is 0.899 bits per heavy atom. The number of rotatable bonds is 18. The molecule has 7 N–H and O–H groups in total. The summed E-state index contributed by atoms with van der Waals surface area (Å²) in [5, 5.41) is 37.8. The quantitative estimate of drug-likeness (QED) is 0.0733. The summed E-state index contributed by atoms with van der Waals surface area (Å²) in [5.74, 6) is -0.367. The lowest BCUT2D eigenvalue weighted by atomic mass is 9.73. The van der Waals surface area contributed by atoms with Gasteiger partial charge >= 0.3 is 0 Å². The first kappa shape index (κ1) is 49.0. The van der Waals surface area contributed by atoms with Crippen molar-refractivity contribution < 1.29 is 34.1 Å². The molecule has 3 saturated heterocycles. The van der Waals surface area contributed by atoms with Crippen LogP contribution >= 0.6 is 11.3 Å². The number of carbonyl (C=O) groups is 4. The Morgan fingerprint density at radius 3 is 2.25 bits per heavy atom. The molecule has 3 fully saturated rings. The minimum atomic E-state index is -0.891. The maximum atomic E-state index is 14.1. The third-order valence-electron chi connectivity index (χ3n) is 13.1. The summed E-state index contributed by atoms with van der Waals surface area (Å²) < 4.78 is 5.92. The van der Waals surface area contributed by atoms with Gasteiger partial charge in [0.1, 0.15) is 23.5 Å². The molecule has 18 heteroatoms. The van der Waals surface area contributed by atoms with Crippen LogP contribution in [0.25, 0.3) is 21.7 Å². The highest BCUT2D eigenvalue weighted by Crippen LogP contribution is 2.39. The number of nitrogens with two attached hydrogens (primary N) is 1. The number of nitrogens with one attached hydrogen (secondary N) is 3. The second kappa shape index (κ2) is 21.0. The number of β-amino-alcohol motifs (C(OH)–C–C–N with tert-alkyl or cyclic N) is 1. The highest BCUT2D eigenvalue weighted by Gasteiger charge is 2.51. The lowest BCUT2D eigenvalue weighted by Gasteiger charge is -2.60. The first-order valence-corrected chi connectivity index (χ1v) is 24.3. The van der Waals surface area contributed by atoms with Gasteiger partial charge < -0.3 is 46.4 Å². The molecule has 364 valence electrons. The first-order chi connectivity index (χ1) is 33.0. The molecule has 3 aromatic carbocycles. The molecule has 3 atom stereocenters. The summed E-state index contributed by atoms with van der Waals surface area (Å²) >= 11 is 1.58. The number of benzene rings is 3. The van der Waals surface area contributed by atoms with E-state index in [4.69, 9.17) is 10.5 Å². The number of thiazole rings is 1. The molecule has 17 nitrogen and oxygen atoms in total. The zero-order valence-corrected chi connectivity index (χ0v) is 40.4. The monoisotopic (exact) mass is 958 g/mol. The van der Waals surface area contributed by atoms with Gasteiger partial charge in [-0.1, -0.05) is 81.4 Å². The van der Waals surface area contributed by atoms with Crippen LogP contribution in [0.4, 0.5) is 5.82 Å². The minimum absolute atomic E-state index is 0.0123. The van der Waals surface area contributed by atoms with E-state index < -0.39 is 23.6 Å². The maximum absolute atomic E-state index is 14.1. The molecular weight excluding hydrogens is 897 g/mol. The van der Waals surface area contributed by atoms with Crippen LogP contribution in [-0.2, 0) is 38.7 Å². The van der Waals surface area contributed by atoms with Crippen molar-refractivity contribution >= 4 is 40.8 Å². The Balaban J connectivity index is 0.715. The zero-order valence-electron chi connectivity index (χ0n) is 39.6. The molecule has 1 spiro atoms. The van der Waals surface area contributed by atoms with E-state index in [0.717, 1.165) is 59.0 Å². The molecule has 5 aromatic rings. The number of aliphatic hydroxyl groups is 1. The number of aliphatic hydroxyl groups excluding tert-OH is 1. The molecule has 0 bridgehead atoms. The molecule has 0 aliphatic carbocycles. The van der Waals surface area contributed by atoms with Gasteiger partial charge in [0.15, 0.2) is 11.6 Å². The predicted octanol–water partition coefficient (Wildman–Crippen LogP) is 3.92. The summed E-state index contributed by atoms with van der Waals surface area (Å²) in [4.78, 5) is 65.0. The predicted molar refractivity (Wildman–Crippen MR) is 263 cm³/mol. The molecule has 3 aliphatic heterocycles. The molecule has 0 saturated carbocycles. The normalized spacial score (nSPS) is 18.2. The Bertz CT molecular complexity index is 2620. The van der Waals surface area contributed by atoms with Crippen molar-refractivity contribution in [1.29, 1.82) is 0 Å². The standard InChI is InChI=1S/C51H62N10O7S/c1-32-45(69-31-55-32)36-15-13-35(14-16-36)24-54-48(66)40-21-37(62)25-61(40)49(67)46(50(2,3)4)56-43(64)17-19-59-27-51(28-59)29-60(30-51)26-44(65)53-23-34-11-9-33(10-12-34)18-20-68-42-22-39(57-58-47(42)52)38-7-5-6-8-41(38)63/h5-16,22,31,37,40,46,62-63H,17-21,23-30H2,1-4H3,(H2,52,58)(H,53,65)(H,54,66)(H,56,64)/t37-,40+,46-/m1/s1. The van der Waals surface area contributed by atoms with Crippen LogP contribution in [0.2, 0.25) is 0 Å². The van der Waals surface area contributed by atoms with Gasteiger partial charge in [-0.2, -0.15) is 0 Å². The molecule has 2 aromatic heterocycles. The van der Waals surface area contributed by atoms with Gasteiger partial charge in [0.05, 0.1) is 35.3 Å². The number of carbonyl (C=O) groups excluding carboxylic acids is 4. The van der Waals surface area contributed by atoms with Gasteiger partial charge in [0.2, 0.25) is 23.6 Å². The number of aromatic hydroxyl groups is 1. The Kier molecular flexibility index (Phi) is 14.9. The van der Waals surface area contributed by atoms with E-state index in [0.29, 0.717) is 49.7 Å². The maximum Gasteiger partial charge on any atom is 0.246 e. The topological polar surface area (TPSA) is 228 Å². The van der Waals surface area contributed by atoms with Crippen LogP contribution in [0.15, 0.2) is 84.4 Å². The number of ether oxygens (including phenoxy) is 1. The Morgan fingerprint density at radius 2 is 1.57 bits per heavy atom. The van der Waals surface area contributed by atoms with Crippen LogP contribution < -0.4 is 26.4 Å². The number of phenolic OH excluding ortho intramolecular Hbond substituents is 1. The van der Waals surface area contributed by atoms with Gasteiger partial charge in [-0.05, 0) is 46.7 Å². The summed E-state index contributed by atoms with van der Waals surface area (Å²) in [6.07, 6.45) is 0.108. The van der Waals surface area contributed by atoms with E-state index >= 15 is 0 Å². The third-order valence-corrected chi connectivity index (χ3v) is 14.1. The molecule has 3 aliphatic rings. The molecule has 0 unspecified atom stereocenters. The van der Waals surface area contributed by atoms with Crippen LogP contribution in [0.5, 0.6) is 11.5 Å². The van der Waals surface area contributed by atoms with E-state index in [9.17, 15) is 29.4 Å². The lowest BCUT2D eigenvalue weighted by Crippen LogP contribution is -2.72. The molecule has 5 heterocycles. The number of aromatic nitrogens is 3. The summed E-state index contributed by atoms with van der Waals surface area (Å²) in [6.45, 7) is 12.8. The van der Waals surface area contributed by atoms with Crippen molar-refractivity contribution in [2.45, 2.75) is 78.2 Å². The Hall–Kier alpha value is -6.47. The fraction of sp³-hybridized carbons (Fsp3) is 0.431. The van der Waals surface area contributed by atoms with Gasteiger partial charge in [-0.15, -0.1) is 21.5 Å². The fourth-order valence-corrected chi connectivity index (χ4v) is 10.2. The van der Waals surface area contributed by atoms with Crippen molar-refractivity contribution in [3.8, 4) is 33.2 Å². The smallest absolute Gasteiger partial charge is 0.246 e. The average molecular weight is 959 g/mol. The largest absolute Gasteiger partial charge is 0.507 e. The number of aryl methyl sites for hydroxylation is 1. The Labute approximate surface area is 406 Å². The van der Waals surface area contributed by atoms with Crippen LogP contribution in [-0.4, -0.2) is 134 Å². The number of anilines is 1. The second-order valence-corrected chi connectivity index (χ2v) is 20.6. The summed E-state index contributed by atoms with van der Waals surface area (Å²) in [5.41, 5.74) is 13.3. The number of hydrogen-bond donors (Lipinski definition) is 6. The summed E-state index contributed by atoms with van der Waals surface area (Å²) in [7, 11) is 0. The second-order valence-electron chi connectivity index (χ2n) is 19.7. The van der Waals surface area contributed by atoms with E-state index in [2.05, 4.69) is 40.9 Å². The molecular formula is C51H62N10O7S.